The van der Waals surface area contributed by atoms with E-state index in [-0.39, 0.29) is 24.8 Å². The first-order valence-corrected chi connectivity index (χ1v) is 16.3. The molecule has 5 fully saturated rings. The molecule has 1 atom stereocenters. The van der Waals surface area contributed by atoms with Gasteiger partial charge < -0.3 is 24.8 Å². The van der Waals surface area contributed by atoms with E-state index in [1.807, 2.05) is 0 Å². The van der Waals surface area contributed by atoms with Crippen LogP contribution in [0.3, 0.4) is 0 Å². The molecule has 0 aromatic heterocycles. The SMILES string of the molecule is CC1=C(c2ccc3[cH-]c4ccccc4c3c2)C(C)C=C1C12CC3CC(CC(C3)C1)C2.[Cl-].[Cl-].[Zr+2]=[C]1CCCCC1. The predicted octanol–water partition coefficient (Wildman–Crippen LogP) is 3.96. The summed E-state index contributed by atoms with van der Waals surface area (Å²) >= 11 is 1.69. The molecule has 0 radical (unpaired) electrons. The summed E-state index contributed by atoms with van der Waals surface area (Å²) in [6.07, 6.45) is 19.0. The Labute approximate surface area is 262 Å². The molecule has 3 aromatic carbocycles. The number of halogens is 2. The fraction of sp³-hybridized carbons (Fsp3) is 0.500. The van der Waals surface area contributed by atoms with Crippen LogP contribution in [-0.4, -0.2) is 3.21 Å². The fourth-order valence-electron chi connectivity index (χ4n) is 9.54. The van der Waals surface area contributed by atoms with Crippen LogP contribution in [-0.2, 0) is 24.2 Å². The molecule has 39 heavy (non-hydrogen) atoms. The van der Waals surface area contributed by atoms with Crippen molar-refractivity contribution in [1.82, 2.24) is 0 Å². The molecule has 1 unspecified atom stereocenters. The van der Waals surface area contributed by atoms with E-state index in [0.717, 1.165) is 17.8 Å². The van der Waals surface area contributed by atoms with E-state index in [2.05, 4.69) is 68.5 Å². The van der Waals surface area contributed by atoms with Crippen molar-refractivity contribution in [2.24, 2.45) is 29.1 Å². The van der Waals surface area contributed by atoms with Gasteiger partial charge in [-0.25, -0.2) is 0 Å². The zero-order chi connectivity index (χ0) is 25.1. The molecule has 0 N–H and O–H groups in total. The molecule has 0 aliphatic heterocycles. The molecule has 0 amide bonds. The van der Waals surface area contributed by atoms with Crippen molar-refractivity contribution in [2.75, 3.05) is 0 Å². The first kappa shape index (κ1) is 29.6. The van der Waals surface area contributed by atoms with Gasteiger partial charge in [0, 0.05) is 5.92 Å². The molecule has 0 saturated heterocycles. The van der Waals surface area contributed by atoms with Crippen molar-refractivity contribution in [3.05, 3.63) is 71.3 Å². The van der Waals surface area contributed by atoms with E-state index in [0.29, 0.717) is 11.3 Å². The third-order valence-corrected chi connectivity index (χ3v) is 11.9. The first-order chi connectivity index (χ1) is 18.0. The average molecular weight is 636 g/mol. The summed E-state index contributed by atoms with van der Waals surface area (Å²) in [6.45, 7) is 4.87. The molecule has 3 aromatic rings. The second-order valence-electron chi connectivity index (χ2n) is 13.3. The molecule has 6 aliphatic carbocycles. The number of hydrogen-bond acceptors (Lipinski definition) is 0. The van der Waals surface area contributed by atoms with Crippen molar-refractivity contribution in [3.8, 4) is 0 Å². The molecule has 6 aliphatic rings. The van der Waals surface area contributed by atoms with E-state index in [1.165, 1.54) is 97.7 Å². The maximum atomic E-state index is 2.67. The summed E-state index contributed by atoms with van der Waals surface area (Å²) in [6, 6.07) is 18.4. The van der Waals surface area contributed by atoms with Gasteiger partial charge in [0.25, 0.3) is 0 Å². The Balaban J connectivity index is 0.000000302. The quantitative estimate of drug-likeness (QED) is 0.375. The van der Waals surface area contributed by atoms with Gasteiger partial charge >= 0.3 is 59.5 Å². The van der Waals surface area contributed by atoms with Crippen LogP contribution in [0, 0.1) is 29.1 Å². The number of allylic oxidation sites excluding steroid dienone is 4. The van der Waals surface area contributed by atoms with Crippen LogP contribution in [0.1, 0.15) is 90.0 Å². The molecular formula is C36H41Cl2Zr-. The zero-order valence-corrected chi connectivity index (χ0v) is 27.5. The van der Waals surface area contributed by atoms with Gasteiger partial charge in [-0.15, -0.1) is 39.7 Å². The van der Waals surface area contributed by atoms with Crippen molar-refractivity contribution in [3.63, 3.8) is 0 Å². The Bertz CT molecular complexity index is 1390. The summed E-state index contributed by atoms with van der Waals surface area (Å²) in [7, 11) is 0. The van der Waals surface area contributed by atoms with Crippen LogP contribution < -0.4 is 24.8 Å². The standard InChI is InChI=1S/C30H31.C6H10.2ClH.Zr/c1-18-9-28(30-15-20-10-21(16-30)12-22(11-20)17-30)19(2)29(18)25-8-7-24-13-23-5-3-4-6-26(23)27(24)14-25;1-2-4-6-5-3-1;;;/h3-9,13-14,18,20-22H,10-12,15-17H2,1-2H3;1-5H2;2*1H;/q-1;;;;+2/p-2. The minimum absolute atomic E-state index is 0. The molecule has 3 heteroatoms. The monoisotopic (exact) mass is 633 g/mol. The fourth-order valence-corrected chi connectivity index (χ4v) is 10.4. The molecule has 0 nitrogen and oxygen atoms in total. The van der Waals surface area contributed by atoms with Gasteiger partial charge in [0.05, 0.1) is 0 Å². The normalized spacial score (nSPS) is 31.1. The predicted molar refractivity (Wildman–Crippen MR) is 156 cm³/mol. The van der Waals surface area contributed by atoms with Gasteiger partial charge in [0.2, 0.25) is 0 Å². The van der Waals surface area contributed by atoms with Crippen LogP contribution in [0.15, 0.2) is 65.8 Å². The Morgan fingerprint density at radius 3 is 2.03 bits per heavy atom. The molecule has 204 valence electrons. The molecule has 0 spiro atoms. The number of hydrogen-bond donors (Lipinski definition) is 0. The van der Waals surface area contributed by atoms with Crippen LogP contribution in [0.5, 0.6) is 0 Å². The van der Waals surface area contributed by atoms with Crippen LogP contribution in [0.4, 0.5) is 0 Å². The average Bonchev–Trinajstić information content (AvgIpc) is 3.40. The second kappa shape index (κ2) is 11.8. The van der Waals surface area contributed by atoms with Gasteiger partial charge in [-0.3, -0.25) is 0 Å². The number of fused-ring (bicyclic) bond motifs is 3. The molecule has 5 saturated carbocycles. The van der Waals surface area contributed by atoms with Crippen molar-refractivity contribution in [1.29, 1.82) is 0 Å². The van der Waals surface area contributed by atoms with Crippen molar-refractivity contribution in [2.45, 2.75) is 84.5 Å². The summed E-state index contributed by atoms with van der Waals surface area (Å²) in [5, 5.41) is 5.55. The third-order valence-electron chi connectivity index (χ3n) is 10.7. The summed E-state index contributed by atoms with van der Waals surface area (Å²) in [5.41, 5.74) is 6.90. The van der Waals surface area contributed by atoms with Gasteiger partial charge in [0.1, 0.15) is 0 Å². The number of rotatable bonds is 2. The molecule has 9 rings (SSSR count). The Kier molecular flexibility index (Phi) is 8.94. The number of benzene rings is 2. The van der Waals surface area contributed by atoms with E-state index in [1.54, 1.807) is 44.2 Å². The van der Waals surface area contributed by atoms with E-state index in [4.69, 9.17) is 0 Å². The summed E-state index contributed by atoms with van der Waals surface area (Å²) in [5.74, 6) is 3.57. The van der Waals surface area contributed by atoms with Crippen LogP contribution in [0.2, 0.25) is 0 Å². The van der Waals surface area contributed by atoms with Gasteiger partial charge in [-0.1, -0.05) is 43.3 Å². The third kappa shape index (κ3) is 5.40. The van der Waals surface area contributed by atoms with E-state index >= 15 is 0 Å². The molecule has 4 bridgehead atoms. The van der Waals surface area contributed by atoms with Gasteiger partial charge in [-0.05, 0) is 90.9 Å². The van der Waals surface area contributed by atoms with Crippen LogP contribution >= 0.6 is 0 Å². The van der Waals surface area contributed by atoms with Crippen molar-refractivity contribution < 1.29 is 49.0 Å². The topological polar surface area (TPSA) is 0 Å². The Hall–Kier alpha value is -0.877. The zero-order valence-electron chi connectivity index (χ0n) is 23.5. The van der Waals surface area contributed by atoms with E-state index in [9.17, 15) is 0 Å². The van der Waals surface area contributed by atoms with Crippen molar-refractivity contribution >= 4 is 30.3 Å². The molecular weight excluding hydrogens is 595 g/mol. The minimum atomic E-state index is 0. The summed E-state index contributed by atoms with van der Waals surface area (Å²) in [4.78, 5) is 0. The van der Waals surface area contributed by atoms with E-state index < -0.39 is 0 Å². The maximum absolute atomic E-state index is 2.67. The van der Waals surface area contributed by atoms with Gasteiger partial charge in [-0.2, -0.15) is 0 Å². The Morgan fingerprint density at radius 2 is 1.41 bits per heavy atom. The molecule has 0 heterocycles. The van der Waals surface area contributed by atoms with Gasteiger partial charge in [0.15, 0.2) is 0 Å². The second-order valence-corrected chi connectivity index (χ2v) is 15.0. The Morgan fingerprint density at radius 1 is 0.795 bits per heavy atom. The first-order valence-electron chi connectivity index (χ1n) is 15.1. The summed E-state index contributed by atoms with van der Waals surface area (Å²) < 4.78 is 1.80. The van der Waals surface area contributed by atoms with Crippen LogP contribution in [0.25, 0.3) is 27.1 Å².